The second kappa shape index (κ2) is 5.38. The standard InChI is InChI=1S/C12H22N2O3/c1-4-8(2)9(10(15)16)14-11(17)13-7-12(3)5-6-12/h8-9H,4-7H2,1-3H3,(H,15,16)(H2,13,14,17)/t8?,9-/m0/s1. The average molecular weight is 242 g/mol. The Morgan fingerprint density at radius 1 is 1.41 bits per heavy atom. The van der Waals surface area contributed by atoms with Crippen LogP contribution in [0.15, 0.2) is 0 Å². The molecule has 3 N–H and O–H groups in total. The lowest BCUT2D eigenvalue weighted by Gasteiger charge is -2.21. The highest BCUT2D eigenvalue weighted by Gasteiger charge is 2.37. The number of carbonyl (C=O) groups excluding carboxylic acids is 1. The number of hydrogen-bond donors (Lipinski definition) is 3. The highest BCUT2D eigenvalue weighted by molar-refractivity contribution is 5.82. The molecule has 0 aromatic rings. The summed E-state index contributed by atoms with van der Waals surface area (Å²) in [7, 11) is 0. The van der Waals surface area contributed by atoms with Crippen molar-refractivity contribution in [2.75, 3.05) is 6.54 Å². The molecule has 0 aliphatic heterocycles. The van der Waals surface area contributed by atoms with Gasteiger partial charge in [-0.25, -0.2) is 9.59 Å². The van der Waals surface area contributed by atoms with Crippen molar-refractivity contribution in [2.45, 2.75) is 46.1 Å². The van der Waals surface area contributed by atoms with E-state index in [-0.39, 0.29) is 17.4 Å². The maximum Gasteiger partial charge on any atom is 0.326 e. The maximum atomic E-state index is 11.6. The Hall–Kier alpha value is -1.26. The van der Waals surface area contributed by atoms with Gasteiger partial charge in [0.05, 0.1) is 0 Å². The van der Waals surface area contributed by atoms with Crippen molar-refractivity contribution in [1.29, 1.82) is 0 Å². The van der Waals surface area contributed by atoms with E-state index in [0.29, 0.717) is 6.54 Å². The summed E-state index contributed by atoms with van der Waals surface area (Å²) in [6.07, 6.45) is 2.97. The molecular weight excluding hydrogens is 220 g/mol. The third-order valence-electron chi connectivity index (χ3n) is 3.54. The first kappa shape index (κ1) is 13.8. The van der Waals surface area contributed by atoms with Crippen molar-refractivity contribution in [3.63, 3.8) is 0 Å². The largest absolute Gasteiger partial charge is 0.480 e. The minimum Gasteiger partial charge on any atom is -0.480 e. The fourth-order valence-corrected chi connectivity index (χ4v) is 1.56. The molecule has 0 aromatic carbocycles. The third kappa shape index (κ3) is 4.24. The van der Waals surface area contributed by atoms with E-state index in [1.807, 2.05) is 13.8 Å². The van der Waals surface area contributed by atoms with E-state index in [1.54, 1.807) is 0 Å². The number of amides is 2. The van der Waals surface area contributed by atoms with Gasteiger partial charge in [0.1, 0.15) is 6.04 Å². The van der Waals surface area contributed by atoms with Crippen LogP contribution in [0.4, 0.5) is 4.79 Å². The van der Waals surface area contributed by atoms with Crippen LogP contribution in [0.3, 0.4) is 0 Å². The van der Waals surface area contributed by atoms with Crippen LogP contribution in [-0.4, -0.2) is 29.7 Å². The molecule has 1 aliphatic rings. The Morgan fingerprint density at radius 3 is 2.41 bits per heavy atom. The van der Waals surface area contributed by atoms with Gasteiger partial charge in [0.15, 0.2) is 0 Å². The molecule has 5 nitrogen and oxygen atoms in total. The van der Waals surface area contributed by atoms with E-state index >= 15 is 0 Å². The highest BCUT2D eigenvalue weighted by atomic mass is 16.4. The van der Waals surface area contributed by atoms with Crippen LogP contribution in [0.1, 0.15) is 40.0 Å². The topological polar surface area (TPSA) is 78.4 Å². The second-order valence-electron chi connectivity index (χ2n) is 5.34. The lowest BCUT2D eigenvalue weighted by Crippen LogP contribution is -2.49. The summed E-state index contributed by atoms with van der Waals surface area (Å²) in [5.74, 6) is -1.05. The predicted molar refractivity (Wildman–Crippen MR) is 64.8 cm³/mol. The number of hydrogen-bond acceptors (Lipinski definition) is 2. The van der Waals surface area contributed by atoms with E-state index in [4.69, 9.17) is 5.11 Å². The number of nitrogens with one attached hydrogen (secondary N) is 2. The number of carboxylic acids is 1. The summed E-state index contributed by atoms with van der Waals surface area (Å²) in [5, 5.41) is 14.3. The van der Waals surface area contributed by atoms with Gasteiger partial charge >= 0.3 is 12.0 Å². The Labute approximate surface area is 102 Å². The normalized spacial score (nSPS) is 20.2. The average Bonchev–Trinajstić information content (AvgIpc) is 3.01. The number of rotatable bonds is 6. The summed E-state index contributed by atoms with van der Waals surface area (Å²) < 4.78 is 0. The predicted octanol–water partition coefficient (Wildman–Crippen LogP) is 1.59. The molecule has 1 fully saturated rings. The minimum atomic E-state index is -0.980. The molecule has 0 heterocycles. The molecule has 2 atom stereocenters. The van der Waals surface area contributed by atoms with Gasteiger partial charge < -0.3 is 15.7 Å². The molecule has 2 amide bonds. The zero-order valence-corrected chi connectivity index (χ0v) is 10.7. The molecule has 0 spiro atoms. The lowest BCUT2D eigenvalue weighted by molar-refractivity contribution is -0.140. The van der Waals surface area contributed by atoms with Crippen molar-refractivity contribution in [3.8, 4) is 0 Å². The zero-order valence-electron chi connectivity index (χ0n) is 10.7. The van der Waals surface area contributed by atoms with E-state index in [9.17, 15) is 9.59 Å². The van der Waals surface area contributed by atoms with Crippen LogP contribution in [-0.2, 0) is 4.79 Å². The summed E-state index contributed by atoms with van der Waals surface area (Å²) >= 11 is 0. The summed E-state index contributed by atoms with van der Waals surface area (Å²) in [4.78, 5) is 22.6. The zero-order chi connectivity index (χ0) is 13.1. The minimum absolute atomic E-state index is 0.0743. The van der Waals surface area contributed by atoms with Crippen LogP contribution >= 0.6 is 0 Å². The van der Waals surface area contributed by atoms with Gasteiger partial charge in [-0.2, -0.15) is 0 Å². The molecule has 0 bridgehead atoms. The van der Waals surface area contributed by atoms with Crippen molar-refractivity contribution in [1.82, 2.24) is 10.6 Å². The summed E-state index contributed by atoms with van der Waals surface area (Å²) in [6.45, 7) is 6.45. The summed E-state index contributed by atoms with van der Waals surface area (Å²) in [5.41, 5.74) is 0.229. The molecule has 17 heavy (non-hydrogen) atoms. The molecule has 1 saturated carbocycles. The van der Waals surface area contributed by atoms with Crippen LogP contribution in [0.5, 0.6) is 0 Å². The smallest absolute Gasteiger partial charge is 0.326 e. The molecule has 98 valence electrons. The molecule has 5 heteroatoms. The maximum absolute atomic E-state index is 11.6. The number of urea groups is 1. The highest BCUT2D eigenvalue weighted by Crippen LogP contribution is 2.43. The molecule has 0 radical (unpaired) electrons. The van der Waals surface area contributed by atoms with Crippen molar-refractivity contribution in [2.24, 2.45) is 11.3 Å². The van der Waals surface area contributed by atoms with E-state index in [0.717, 1.165) is 19.3 Å². The van der Waals surface area contributed by atoms with E-state index < -0.39 is 12.0 Å². The second-order valence-corrected chi connectivity index (χ2v) is 5.34. The molecule has 1 unspecified atom stereocenters. The van der Waals surface area contributed by atoms with Crippen molar-refractivity contribution in [3.05, 3.63) is 0 Å². The Morgan fingerprint density at radius 2 is 2.00 bits per heavy atom. The molecule has 0 aromatic heterocycles. The Kier molecular flexibility index (Phi) is 4.37. The van der Waals surface area contributed by atoms with Gasteiger partial charge in [0.25, 0.3) is 0 Å². The van der Waals surface area contributed by atoms with Gasteiger partial charge in [0.2, 0.25) is 0 Å². The van der Waals surface area contributed by atoms with Gasteiger partial charge in [-0.3, -0.25) is 0 Å². The number of carbonyl (C=O) groups is 2. The van der Waals surface area contributed by atoms with Gasteiger partial charge in [-0.1, -0.05) is 27.2 Å². The molecular formula is C12H22N2O3. The van der Waals surface area contributed by atoms with Crippen LogP contribution in [0.2, 0.25) is 0 Å². The quantitative estimate of drug-likeness (QED) is 0.661. The Balaban J connectivity index is 2.38. The summed E-state index contributed by atoms with van der Waals surface area (Å²) in [6, 6.07) is -1.20. The first-order chi connectivity index (χ1) is 7.88. The fourth-order valence-electron chi connectivity index (χ4n) is 1.56. The van der Waals surface area contributed by atoms with E-state index in [1.165, 1.54) is 0 Å². The number of aliphatic carboxylic acids is 1. The van der Waals surface area contributed by atoms with Crippen LogP contribution < -0.4 is 10.6 Å². The molecule has 1 aliphatic carbocycles. The first-order valence-electron chi connectivity index (χ1n) is 6.15. The van der Waals surface area contributed by atoms with Crippen LogP contribution in [0, 0.1) is 11.3 Å². The van der Waals surface area contributed by atoms with Gasteiger partial charge in [-0.15, -0.1) is 0 Å². The monoisotopic (exact) mass is 242 g/mol. The van der Waals surface area contributed by atoms with Gasteiger partial charge in [0, 0.05) is 6.54 Å². The van der Waals surface area contributed by atoms with Gasteiger partial charge in [-0.05, 0) is 24.2 Å². The SMILES string of the molecule is CCC(C)[C@H](NC(=O)NCC1(C)CC1)C(=O)O. The number of carboxylic acid groups (broad SMARTS) is 1. The van der Waals surface area contributed by atoms with Crippen LogP contribution in [0.25, 0.3) is 0 Å². The van der Waals surface area contributed by atoms with E-state index in [2.05, 4.69) is 17.6 Å². The third-order valence-corrected chi connectivity index (χ3v) is 3.54. The van der Waals surface area contributed by atoms with Crippen molar-refractivity contribution >= 4 is 12.0 Å². The fraction of sp³-hybridized carbons (Fsp3) is 0.833. The Bertz CT molecular complexity index is 300. The first-order valence-corrected chi connectivity index (χ1v) is 6.15. The molecule has 0 saturated heterocycles. The molecule has 1 rings (SSSR count). The van der Waals surface area contributed by atoms with Crippen molar-refractivity contribution < 1.29 is 14.7 Å². The lowest BCUT2D eigenvalue weighted by atomic mass is 9.99.